The summed E-state index contributed by atoms with van der Waals surface area (Å²) in [4.78, 5) is 0.285. The van der Waals surface area contributed by atoms with Gasteiger partial charge in [0.05, 0.1) is 4.90 Å². The number of fused-ring (bicyclic) bond motifs is 1. The van der Waals surface area contributed by atoms with Gasteiger partial charge in [-0.1, -0.05) is 36.4 Å². The summed E-state index contributed by atoms with van der Waals surface area (Å²) in [6, 6.07) is 14.8. The van der Waals surface area contributed by atoms with E-state index in [1.807, 2.05) is 18.2 Å². The van der Waals surface area contributed by atoms with Gasteiger partial charge in [-0.25, -0.2) is 13.1 Å². The molecule has 0 spiro atoms. The van der Waals surface area contributed by atoms with E-state index in [-0.39, 0.29) is 10.9 Å². The fourth-order valence-electron chi connectivity index (χ4n) is 2.79. The first kappa shape index (κ1) is 14.8. The number of halogens is 1. The van der Waals surface area contributed by atoms with Gasteiger partial charge in [0.15, 0.2) is 0 Å². The summed E-state index contributed by atoms with van der Waals surface area (Å²) >= 11 is 3.31. The highest BCUT2D eigenvalue weighted by Crippen LogP contribution is 2.31. The Kier molecular flexibility index (Phi) is 4.15. The molecule has 0 saturated heterocycles. The lowest BCUT2D eigenvalue weighted by Crippen LogP contribution is -2.31. The molecule has 0 bridgehead atoms. The molecule has 0 heterocycles. The minimum Gasteiger partial charge on any atom is -0.207 e. The monoisotopic (exact) mass is 365 g/mol. The third-order valence-corrected chi connectivity index (χ3v) is 6.28. The molecular formula is C16H16BrNO2S. The summed E-state index contributed by atoms with van der Waals surface area (Å²) in [5.41, 5.74) is 2.34. The van der Waals surface area contributed by atoms with Gasteiger partial charge in [-0.05, 0) is 58.5 Å². The number of hydrogen-bond acceptors (Lipinski definition) is 2. The minimum atomic E-state index is -3.53. The normalized spacial score (nSPS) is 18.2. The molecule has 3 nitrogen and oxygen atoms in total. The van der Waals surface area contributed by atoms with E-state index >= 15 is 0 Å². The van der Waals surface area contributed by atoms with Crippen LogP contribution in [0.15, 0.2) is 57.9 Å². The zero-order chi connectivity index (χ0) is 14.9. The van der Waals surface area contributed by atoms with Gasteiger partial charge in [-0.15, -0.1) is 0 Å². The SMILES string of the molecule is O=S(=O)(N[C@@H]1CCCc2ccccc21)c1ccccc1Br. The van der Waals surface area contributed by atoms with Crippen molar-refractivity contribution in [2.24, 2.45) is 0 Å². The van der Waals surface area contributed by atoms with Gasteiger partial charge < -0.3 is 0 Å². The van der Waals surface area contributed by atoms with Crippen LogP contribution in [0.5, 0.6) is 0 Å². The molecule has 1 atom stereocenters. The van der Waals surface area contributed by atoms with Crippen LogP contribution in [0.4, 0.5) is 0 Å². The van der Waals surface area contributed by atoms with Gasteiger partial charge >= 0.3 is 0 Å². The molecule has 21 heavy (non-hydrogen) atoms. The molecule has 1 aliphatic rings. The molecule has 5 heteroatoms. The Balaban J connectivity index is 1.93. The summed E-state index contributed by atoms with van der Waals surface area (Å²) in [5, 5.41) is 0. The molecule has 1 aliphatic carbocycles. The van der Waals surface area contributed by atoms with Crippen molar-refractivity contribution in [2.75, 3.05) is 0 Å². The fourth-order valence-corrected chi connectivity index (χ4v) is 5.04. The van der Waals surface area contributed by atoms with Crippen LogP contribution >= 0.6 is 15.9 Å². The highest BCUT2D eigenvalue weighted by Gasteiger charge is 2.26. The lowest BCUT2D eigenvalue weighted by Gasteiger charge is -2.26. The van der Waals surface area contributed by atoms with Crippen LogP contribution in [0.2, 0.25) is 0 Å². The Hall–Kier alpha value is -1.17. The molecule has 0 fully saturated rings. The quantitative estimate of drug-likeness (QED) is 0.898. The number of nitrogens with one attached hydrogen (secondary N) is 1. The Morgan fingerprint density at radius 2 is 1.76 bits per heavy atom. The minimum absolute atomic E-state index is 0.146. The molecule has 110 valence electrons. The van der Waals surface area contributed by atoms with E-state index in [1.165, 1.54) is 5.56 Å². The van der Waals surface area contributed by atoms with Crippen molar-refractivity contribution in [1.29, 1.82) is 0 Å². The van der Waals surface area contributed by atoms with Gasteiger partial charge in [0.1, 0.15) is 0 Å². The lowest BCUT2D eigenvalue weighted by molar-refractivity contribution is 0.507. The van der Waals surface area contributed by atoms with Crippen molar-refractivity contribution in [2.45, 2.75) is 30.2 Å². The molecule has 0 amide bonds. The zero-order valence-electron chi connectivity index (χ0n) is 11.4. The lowest BCUT2D eigenvalue weighted by atomic mass is 9.88. The van der Waals surface area contributed by atoms with Crippen LogP contribution in [0.25, 0.3) is 0 Å². The first-order valence-corrected chi connectivity index (χ1v) is 9.20. The predicted octanol–water partition coefficient (Wildman–Crippen LogP) is 3.81. The van der Waals surface area contributed by atoms with Crippen molar-refractivity contribution in [3.8, 4) is 0 Å². The molecule has 1 N–H and O–H groups in total. The van der Waals surface area contributed by atoms with Crippen molar-refractivity contribution >= 4 is 26.0 Å². The predicted molar refractivity (Wildman–Crippen MR) is 86.6 cm³/mol. The fraction of sp³-hybridized carbons (Fsp3) is 0.250. The van der Waals surface area contributed by atoms with Gasteiger partial charge in [0.2, 0.25) is 10.0 Å². The summed E-state index contributed by atoms with van der Waals surface area (Å²) in [5.74, 6) is 0. The highest BCUT2D eigenvalue weighted by molar-refractivity contribution is 9.10. The van der Waals surface area contributed by atoms with E-state index in [0.29, 0.717) is 4.47 Å². The first-order chi connectivity index (χ1) is 10.1. The Labute approximate surface area is 133 Å². The number of sulfonamides is 1. The summed E-state index contributed by atoms with van der Waals surface area (Å²) < 4.78 is 28.6. The third kappa shape index (κ3) is 3.05. The van der Waals surface area contributed by atoms with Crippen LogP contribution in [-0.4, -0.2) is 8.42 Å². The average Bonchev–Trinajstić information content (AvgIpc) is 2.47. The number of benzene rings is 2. The molecule has 2 aromatic rings. The second-order valence-corrected chi connectivity index (χ2v) is 7.73. The highest BCUT2D eigenvalue weighted by atomic mass is 79.9. The third-order valence-electron chi connectivity index (χ3n) is 3.79. The van der Waals surface area contributed by atoms with E-state index in [9.17, 15) is 8.42 Å². The van der Waals surface area contributed by atoms with E-state index in [4.69, 9.17) is 0 Å². The second-order valence-electron chi connectivity index (χ2n) is 5.20. The second kappa shape index (κ2) is 5.91. The topological polar surface area (TPSA) is 46.2 Å². The van der Waals surface area contributed by atoms with Crippen molar-refractivity contribution < 1.29 is 8.42 Å². The van der Waals surface area contributed by atoms with Gasteiger partial charge in [-0.2, -0.15) is 0 Å². The molecule has 2 aromatic carbocycles. The Morgan fingerprint density at radius 1 is 1.05 bits per heavy atom. The van der Waals surface area contributed by atoms with E-state index in [1.54, 1.807) is 24.3 Å². The molecule has 0 saturated carbocycles. The molecular weight excluding hydrogens is 350 g/mol. The molecule has 0 aromatic heterocycles. The molecule has 0 unspecified atom stereocenters. The van der Waals surface area contributed by atoms with Gasteiger partial charge in [-0.3, -0.25) is 0 Å². The van der Waals surface area contributed by atoms with Crippen molar-refractivity contribution in [1.82, 2.24) is 4.72 Å². The van der Waals surface area contributed by atoms with E-state index in [0.717, 1.165) is 24.8 Å². The van der Waals surface area contributed by atoms with E-state index in [2.05, 4.69) is 26.7 Å². The van der Waals surface area contributed by atoms with Gasteiger partial charge in [0.25, 0.3) is 0 Å². The Bertz CT molecular complexity index is 758. The van der Waals surface area contributed by atoms with Crippen molar-refractivity contribution in [3.05, 3.63) is 64.1 Å². The van der Waals surface area contributed by atoms with Crippen LogP contribution in [0.1, 0.15) is 30.0 Å². The number of aryl methyl sites for hydroxylation is 1. The standard InChI is InChI=1S/C16H16BrNO2S/c17-14-9-3-4-11-16(14)21(19,20)18-15-10-5-7-12-6-1-2-8-13(12)15/h1-4,6,8-9,11,15,18H,5,7,10H2/t15-/m1/s1. The summed E-state index contributed by atoms with van der Waals surface area (Å²) in [6.07, 6.45) is 2.85. The first-order valence-electron chi connectivity index (χ1n) is 6.92. The van der Waals surface area contributed by atoms with Crippen LogP contribution < -0.4 is 4.72 Å². The smallest absolute Gasteiger partial charge is 0.207 e. The summed E-state index contributed by atoms with van der Waals surface area (Å²) in [7, 11) is -3.53. The van der Waals surface area contributed by atoms with Gasteiger partial charge in [0, 0.05) is 10.5 Å². The number of hydrogen-bond donors (Lipinski definition) is 1. The number of rotatable bonds is 3. The molecule has 0 radical (unpaired) electrons. The Morgan fingerprint density at radius 3 is 2.57 bits per heavy atom. The van der Waals surface area contributed by atoms with Crippen molar-refractivity contribution in [3.63, 3.8) is 0 Å². The maximum atomic E-state index is 12.6. The maximum absolute atomic E-state index is 12.6. The van der Waals surface area contributed by atoms with Crippen LogP contribution in [0, 0.1) is 0 Å². The van der Waals surface area contributed by atoms with Crippen LogP contribution in [-0.2, 0) is 16.4 Å². The maximum Gasteiger partial charge on any atom is 0.242 e. The average molecular weight is 366 g/mol. The van der Waals surface area contributed by atoms with E-state index < -0.39 is 10.0 Å². The zero-order valence-corrected chi connectivity index (χ0v) is 13.8. The van der Waals surface area contributed by atoms with Crippen LogP contribution in [0.3, 0.4) is 0 Å². The largest absolute Gasteiger partial charge is 0.242 e. The molecule has 0 aliphatic heterocycles. The summed E-state index contributed by atoms with van der Waals surface area (Å²) in [6.45, 7) is 0. The molecule has 3 rings (SSSR count).